The summed E-state index contributed by atoms with van der Waals surface area (Å²) < 4.78 is 38.9. The van der Waals surface area contributed by atoms with Crippen LogP contribution in [0.5, 0.6) is 11.5 Å². The van der Waals surface area contributed by atoms with Crippen LogP contribution in [0.2, 0.25) is 0 Å². The van der Waals surface area contributed by atoms with Crippen LogP contribution in [-0.2, 0) is 25.8 Å². The largest absolute Gasteiger partial charge is 0.486 e. The Morgan fingerprint density at radius 2 is 1.76 bits per heavy atom. The number of aliphatic hydroxyl groups excluding tert-OH is 1. The molecule has 2 amide bonds. The Balaban J connectivity index is 1.61. The van der Waals surface area contributed by atoms with Gasteiger partial charge in [0.05, 0.1) is 23.1 Å². The van der Waals surface area contributed by atoms with Crippen LogP contribution in [-0.4, -0.2) is 80.2 Å². The number of aliphatic hydroxyl groups is 1. The van der Waals surface area contributed by atoms with Crippen molar-refractivity contribution in [2.45, 2.75) is 88.8 Å². The van der Waals surface area contributed by atoms with E-state index in [4.69, 9.17) is 9.47 Å². The van der Waals surface area contributed by atoms with Gasteiger partial charge in [0.15, 0.2) is 21.3 Å². The van der Waals surface area contributed by atoms with Crippen molar-refractivity contribution in [1.29, 1.82) is 0 Å². The van der Waals surface area contributed by atoms with E-state index in [0.717, 1.165) is 12.0 Å². The average Bonchev–Trinajstić information content (AvgIpc) is 3.53. The summed E-state index contributed by atoms with van der Waals surface area (Å²) in [4.78, 5) is 27.2. The molecule has 2 aliphatic heterocycles. The van der Waals surface area contributed by atoms with E-state index in [9.17, 15) is 23.1 Å². The molecular formula is C33H48N4O7S. The Hall–Kier alpha value is -3.19. The summed E-state index contributed by atoms with van der Waals surface area (Å²) in [7, 11) is -3.92. The molecule has 0 radical (unpaired) electrons. The average molecular weight is 645 g/mol. The number of hydrogen-bond donors (Lipinski definition) is 4. The van der Waals surface area contributed by atoms with Crippen molar-refractivity contribution in [2.24, 2.45) is 11.3 Å². The summed E-state index contributed by atoms with van der Waals surface area (Å²) in [5.41, 5.74) is 3.30. The molecule has 45 heavy (non-hydrogen) atoms. The number of benzene rings is 2. The van der Waals surface area contributed by atoms with Gasteiger partial charge in [-0.1, -0.05) is 65.0 Å². The van der Waals surface area contributed by atoms with Crippen molar-refractivity contribution in [3.63, 3.8) is 0 Å². The molecule has 4 rings (SSSR count). The lowest BCUT2D eigenvalue weighted by atomic mass is 9.91. The fourth-order valence-corrected chi connectivity index (χ4v) is 7.51. The zero-order valence-electron chi connectivity index (χ0n) is 26.9. The molecule has 0 aromatic heterocycles. The van der Waals surface area contributed by atoms with Gasteiger partial charge in [0, 0.05) is 19.0 Å². The Bertz CT molecular complexity index is 1410. The standard InChI is InChI=1S/C33H48N4O7S/c1-22(2)32(45(41,42)24-13-14-28-29(19-24)44-17-16-43-28)35-21-27(38)26(18-23-10-7-6-8-11-23)37(30(39)20-33(3,4)5)36-31(40)25-12-9-15-34-25/h6-8,10-11,13-14,19,22,25-27,32,34-35,38H,9,12,15-18,20-21H2,1-5H3,(H,36,40)/t25?,26-,27+,32?/m0/s1. The number of hydrogen-bond acceptors (Lipinski definition) is 9. The highest BCUT2D eigenvalue weighted by Crippen LogP contribution is 2.34. The normalized spacial score (nSPS) is 18.7. The third kappa shape index (κ3) is 9.18. The number of nitrogens with one attached hydrogen (secondary N) is 3. The smallest absolute Gasteiger partial charge is 0.255 e. The minimum atomic E-state index is -3.92. The van der Waals surface area contributed by atoms with Crippen LogP contribution < -0.4 is 25.5 Å². The summed E-state index contributed by atoms with van der Waals surface area (Å²) in [6.07, 6.45) is 0.627. The minimum Gasteiger partial charge on any atom is -0.486 e. The van der Waals surface area contributed by atoms with Crippen LogP contribution in [0.15, 0.2) is 53.4 Å². The van der Waals surface area contributed by atoms with Crippen LogP contribution in [0.4, 0.5) is 0 Å². The van der Waals surface area contributed by atoms with Crippen LogP contribution in [0.3, 0.4) is 0 Å². The molecule has 2 aromatic carbocycles. The number of hydrazine groups is 1. The highest BCUT2D eigenvalue weighted by Gasteiger charge is 2.37. The van der Waals surface area contributed by atoms with E-state index in [1.807, 2.05) is 51.1 Å². The van der Waals surface area contributed by atoms with Crippen molar-refractivity contribution < 1.29 is 32.6 Å². The first-order valence-corrected chi connectivity index (χ1v) is 17.3. The molecule has 0 bridgehead atoms. The van der Waals surface area contributed by atoms with Gasteiger partial charge in [0.1, 0.15) is 18.6 Å². The van der Waals surface area contributed by atoms with Crippen molar-refractivity contribution in [3.05, 3.63) is 54.1 Å². The van der Waals surface area contributed by atoms with E-state index in [1.165, 1.54) is 17.1 Å². The second kappa shape index (κ2) is 14.9. The minimum absolute atomic E-state index is 0.0755. The number of fused-ring (bicyclic) bond motifs is 1. The van der Waals surface area contributed by atoms with E-state index in [2.05, 4.69) is 16.1 Å². The molecule has 0 aliphatic carbocycles. The maximum Gasteiger partial charge on any atom is 0.255 e. The molecule has 2 aromatic rings. The second-order valence-electron chi connectivity index (χ2n) is 13.4. The van der Waals surface area contributed by atoms with Gasteiger partial charge in [0.2, 0.25) is 5.91 Å². The van der Waals surface area contributed by atoms with Crippen molar-refractivity contribution in [1.82, 2.24) is 21.1 Å². The quantitative estimate of drug-likeness (QED) is 0.256. The van der Waals surface area contributed by atoms with Gasteiger partial charge in [0.25, 0.3) is 5.91 Å². The maximum absolute atomic E-state index is 13.9. The lowest BCUT2D eigenvalue weighted by Gasteiger charge is -2.37. The Morgan fingerprint density at radius 1 is 1.07 bits per heavy atom. The first-order chi connectivity index (χ1) is 21.3. The molecule has 12 heteroatoms. The lowest BCUT2D eigenvalue weighted by Crippen LogP contribution is -2.61. The van der Waals surface area contributed by atoms with Gasteiger partial charge in [-0.15, -0.1) is 0 Å². The number of nitrogens with zero attached hydrogens (tertiary/aromatic N) is 1. The zero-order chi connectivity index (χ0) is 32.8. The molecule has 11 nitrogen and oxygen atoms in total. The number of ether oxygens (including phenoxy) is 2. The molecule has 2 aliphatic rings. The highest BCUT2D eigenvalue weighted by atomic mass is 32.2. The molecule has 2 heterocycles. The van der Waals surface area contributed by atoms with Crippen molar-refractivity contribution in [2.75, 3.05) is 26.3 Å². The molecule has 0 spiro atoms. The molecule has 0 saturated carbocycles. The van der Waals surface area contributed by atoms with Gasteiger partial charge in [-0.05, 0) is 54.8 Å². The van der Waals surface area contributed by atoms with Gasteiger partial charge in [-0.25, -0.2) is 13.4 Å². The predicted molar refractivity (Wildman–Crippen MR) is 171 cm³/mol. The SMILES string of the molecule is CC(C)C(NC[C@@H](O)[C@H](Cc1ccccc1)N(NC(=O)C1CCCN1)C(=O)CC(C)(C)C)S(=O)(=O)c1ccc2c(c1)OCCO2. The van der Waals surface area contributed by atoms with Gasteiger partial charge in [-0.2, -0.15) is 0 Å². The van der Waals surface area contributed by atoms with E-state index >= 15 is 0 Å². The fraction of sp³-hybridized carbons (Fsp3) is 0.576. The van der Waals surface area contributed by atoms with Gasteiger partial charge >= 0.3 is 0 Å². The summed E-state index contributed by atoms with van der Waals surface area (Å²) in [6.45, 7) is 10.7. The molecular weight excluding hydrogens is 596 g/mol. The topological polar surface area (TPSA) is 146 Å². The Kier molecular flexibility index (Phi) is 11.5. The van der Waals surface area contributed by atoms with Crippen LogP contribution in [0, 0.1) is 11.3 Å². The molecule has 1 fully saturated rings. The van der Waals surface area contributed by atoms with E-state index in [1.54, 1.807) is 19.9 Å². The Labute approximate surface area is 266 Å². The van der Waals surface area contributed by atoms with Gasteiger partial charge in [-0.3, -0.25) is 20.3 Å². The molecule has 4 atom stereocenters. The summed E-state index contributed by atoms with van der Waals surface area (Å²) in [6, 6.07) is 12.6. The number of carbonyl (C=O) groups excluding carboxylic acids is 2. The Morgan fingerprint density at radius 3 is 2.38 bits per heavy atom. The highest BCUT2D eigenvalue weighted by molar-refractivity contribution is 7.92. The summed E-state index contributed by atoms with van der Waals surface area (Å²) in [5, 5.41) is 18.2. The maximum atomic E-state index is 13.9. The lowest BCUT2D eigenvalue weighted by molar-refractivity contribution is -0.149. The van der Waals surface area contributed by atoms with Crippen LogP contribution in [0.25, 0.3) is 0 Å². The van der Waals surface area contributed by atoms with E-state index in [-0.39, 0.29) is 47.4 Å². The number of rotatable bonds is 12. The predicted octanol–water partition coefficient (Wildman–Crippen LogP) is 2.82. The summed E-state index contributed by atoms with van der Waals surface area (Å²) >= 11 is 0. The van der Waals surface area contributed by atoms with E-state index < -0.39 is 33.4 Å². The molecule has 1 saturated heterocycles. The summed E-state index contributed by atoms with van der Waals surface area (Å²) in [5.74, 6) is -0.182. The van der Waals surface area contributed by atoms with Crippen molar-refractivity contribution in [3.8, 4) is 11.5 Å². The van der Waals surface area contributed by atoms with Crippen LogP contribution in [0.1, 0.15) is 59.4 Å². The van der Waals surface area contributed by atoms with Crippen molar-refractivity contribution >= 4 is 21.7 Å². The zero-order valence-corrected chi connectivity index (χ0v) is 27.7. The number of carbonyl (C=O) groups is 2. The third-order valence-corrected chi connectivity index (χ3v) is 10.2. The fourth-order valence-electron chi connectivity index (χ4n) is 5.65. The molecule has 2 unspecified atom stereocenters. The monoisotopic (exact) mass is 644 g/mol. The van der Waals surface area contributed by atoms with Crippen LogP contribution >= 0.6 is 0 Å². The molecule has 248 valence electrons. The molecule has 4 N–H and O–H groups in total. The van der Waals surface area contributed by atoms with Gasteiger partial charge < -0.3 is 19.9 Å². The van der Waals surface area contributed by atoms with E-state index in [0.29, 0.717) is 37.7 Å². The third-order valence-electron chi connectivity index (χ3n) is 7.93. The first-order valence-electron chi connectivity index (χ1n) is 15.7. The first kappa shape index (κ1) is 34.7. The number of amides is 2. The number of sulfone groups is 1. The second-order valence-corrected chi connectivity index (χ2v) is 15.4.